The number of anilines is 1. The highest BCUT2D eigenvalue weighted by Crippen LogP contribution is 2.35. The zero-order chi connectivity index (χ0) is 18.2. The third-order valence-electron chi connectivity index (χ3n) is 3.16. The monoisotopic (exact) mass is 517 g/mol. The van der Waals surface area contributed by atoms with E-state index < -0.39 is 0 Å². The van der Waals surface area contributed by atoms with Gasteiger partial charge in [0.25, 0.3) is 5.91 Å². The van der Waals surface area contributed by atoms with E-state index in [0.29, 0.717) is 11.5 Å². The molecule has 0 saturated heterocycles. The van der Waals surface area contributed by atoms with Gasteiger partial charge in [-0.1, -0.05) is 0 Å². The maximum Gasteiger partial charge on any atom is 0.259 e. The predicted octanol–water partition coefficient (Wildman–Crippen LogP) is 3.63. The van der Waals surface area contributed by atoms with E-state index in [0.717, 1.165) is 19.3 Å². The van der Waals surface area contributed by atoms with Crippen LogP contribution in [0.2, 0.25) is 0 Å². The van der Waals surface area contributed by atoms with Crippen LogP contribution in [0.3, 0.4) is 0 Å². The number of nitrogens with zero attached hydrogens (tertiary/aromatic N) is 1. The second-order valence-electron chi connectivity index (χ2n) is 4.89. The normalized spacial score (nSPS) is 10.6. The number of halogens is 2. The van der Waals surface area contributed by atoms with Gasteiger partial charge in [0, 0.05) is 9.26 Å². The van der Waals surface area contributed by atoms with Gasteiger partial charge in [-0.2, -0.15) is 5.10 Å². The molecule has 0 bridgehead atoms. The fourth-order valence-electron chi connectivity index (χ4n) is 1.98. The van der Waals surface area contributed by atoms with Crippen LogP contribution in [0.25, 0.3) is 0 Å². The van der Waals surface area contributed by atoms with E-state index in [1.807, 2.05) is 30.3 Å². The number of carbonyl (C=O) groups is 1. The van der Waals surface area contributed by atoms with Crippen molar-refractivity contribution in [1.82, 2.24) is 5.43 Å². The highest BCUT2D eigenvalue weighted by Gasteiger charge is 2.09. The van der Waals surface area contributed by atoms with Crippen molar-refractivity contribution in [3.63, 3.8) is 0 Å². The van der Waals surface area contributed by atoms with Crippen LogP contribution in [-0.4, -0.2) is 32.9 Å². The zero-order valence-electron chi connectivity index (χ0n) is 13.7. The maximum absolute atomic E-state index is 11.8. The summed E-state index contributed by atoms with van der Waals surface area (Å²) in [6.45, 7) is 0.133. The lowest BCUT2D eigenvalue weighted by Crippen LogP contribution is -2.25. The van der Waals surface area contributed by atoms with Gasteiger partial charge < -0.3 is 14.8 Å². The molecule has 0 heterocycles. The lowest BCUT2D eigenvalue weighted by molar-refractivity contribution is -0.119. The lowest BCUT2D eigenvalue weighted by atomic mass is 10.2. The summed E-state index contributed by atoms with van der Waals surface area (Å²) in [7, 11) is 3.13. The number of ether oxygens (including phenoxy) is 2. The molecule has 132 valence electrons. The van der Waals surface area contributed by atoms with E-state index >= 15 is 0 Å². The number of hydrazone groups is 1. The Morgan fingerprint density at radius 1 is 1.24 bits per heavy atom. The minimum absolute atomic E-state index is 0.133. The standard InChI is InChI=1S/C17H17BrIN3O3/c1-24-15-8-11(7-14(18)17(15)25-2)9-21-22-16(23)10-20-13-5-3-12(19)4-6-13/h3-9,20H,10H2,1-2H3,(H,22,23)/b21-9+. The van der Waals surface area contributed by atoms with E-state index in [2.05, 4.69) is 54.4 Å². The molecular formula is C17H17BrIN3O3. The molecule has 0 aliphatic rings. The highest BCUT2D eigenvalue weighted by molar-refractivity contribution is 14.1. The first kappa shape index (κ1) is 19.5. The van der Waals surface area contributed by atoms with Gasteiger partial charge in [0.2, 0.25) is 0 Å². The van der Waals surface area contributed by atoms with Crippen molar-refractivity contribution in [3.8, 4) is 11.5 Å². The molecule has 0 saturated carbocycles. The van der Waals surface area contributed by atoms with Gasteiger partial charge in [-0.15, -0.1) is 0 Å². The van der Waals surface area contributed by atoms with Crippen molar-refractivity contribution in [1.29, 1.82) is 0 Å². The van der Waals surface area contributed by atoms with Gasteiger partial charge in [0.15, 0.2) is 11.5 Å². The highest BCUT2D eigenvalue weighted by atomic mass is 127. The van der Waals surface area contributed by atoms with E-state index in [9.17, 15) is 4.79 Å². The molecule has 0 unspecified atom stereocenters. The molecule has 0 aromatic heterocycles. The lowest BCUT2D eigenvalue weighted by Gasteiger charge is -2.10. The number of nitrogens with one attached hydrogen (secondary N) is 2. The van der Waals surface area contributed by atoms with Gasteiger partial charge in [0.05, 0.1) is 31.5 Å². The van der Waals surface area contributed by atoms with Crippen LogP contribution in [-0.2, 0) is 4.79 Å². The predicted molar refractivity (Wildman–Crippen MR) is 111 cm³/mol. The Balaban J connectivity index is 1.90. The minimum atomic E-state index is -0.241. The molecule has 0 aliphatic heterocycles. The van der Waals surface area contributed by atoms with Crippen molar-refractivity contribution < 1.29 is 14.3 Å². The van der Waals surface area contributed by atoms with Crippen molar-refractivity contribution in [3.05, 3.63) is 50.0 Å². The van der Waals surface area contributed by atoms with Crippen LogP contribution >= 0.6 is 38.5 Å². The Morgan fingerprint density at radius 3 is 2.60 bits per heavy atom. The van der Waals surface area contributed by atoms with E-state index in [-0.39, 0.29) is 12.5 Å². The third-order valence-corrected chi connectivity index (χ3v) is 4.46. The average Bonchev–Trinajstić information content (AvgIpc) is 2.60. The summed E-state index contributed by atoms with van der Waals surface area (Å²) in [4.78, 5) is 11.8. The molecule has 1 amide bonds. The van der Waals surface area contributed by atoms with Crippen LogP contribution in [0, 0.1) is 3.57 Å². The quantitative estimate of drug-likeness (QED) is 0.334. The SMILES string of the molecule is COc1cc(/C=N/NC(=O)CNc2ccc(I)cc2)cc(Br)c1OC. The molecule has 6 nitrogen and oxygen atoms in total. The molecule has 25 heavy (non-hydrogen) atoms. The van der Waals surface area contributed by atoms with Gasteiger partial charge >= 0.3 is 0 Å². The molecule has 0 radical (unpaired) electrons. The van der Waals surface area contributed by atoms with Crippen LogP contribution in [0.15, 0.2) is 46.0 Å². The summed E-state index contributed by atoms with van der Waals surface area (Å²) >= 11 is 5.64. The fourth-order valence-corrected chi connectivity index (χ4v) is 2.96. The second-order valence-corrected chi connectivity index (χ2v) is 6.99. The summed E-state index contributed by atoms with van der Waals surface area (Å²) in [5, 5.41) is 6.99. The smallest absolute Gasteiger partial charge is 0.259 e. The number of rotatable bonds is 7. The molecular weight excluding hydrogens is 501 g/mol. The van der Waals surface area contributed by atoms with Crippen LogP contribution in [0.1, 0.15) is 5.56 Å². The van der Waals surface area contributed by atoms with Gasteiger partial charge in [0.1, 0.15) is 0 Å². The average molecular weight is 518 g/mol. The summed E-state index contributed by atoms with van der Waals surface area (Å²) in [5.41, 5.74) is 4.12. The molecule has 0 spiro atoms. The van der Waals surface area contributed by atoms with Gasteiger partial charge in [-0.25, -0.2) is 5.43 Å². The minimum Gasteiger partial charge on any atom is -0.493 e. The molecule has 2 aromatic carbocycles. The molecule has 2 aromatic rings. The fraction of sp³-hybridized carbons (Fsp3) is 0.176. The summed E-state index contributed by atoms with van der Waals surface area (Å²) in [5.74, 6) is 0.935. The molecule has 0 atom stereocenters. The van der Waals surface area contributed by atoms with E-state index in [4.69, 9.17) is 9.47 Å². The number of hydrogen-bond acceptors (Lipinski definition) is 5. The maximum atomic E-state index is 11.8. The molecule has 0 fully saturated rings. The van der Waals surface area contributed by atoms with E-state index in [1.165, 1.54) is 6.21 Å². The number of hydrogen-bond donors (Lipinski definition) is 2. The summed E-state index contributed by atoms with van der Waals surface area (Å²) in [6.07, 6.45) is 1.54. The van der Waals surface area contributed by atoms with Crippen molar-refractivity contribution in [2.45, 2.75) is 0 Å². The number of methoxy groups -OCH3 is 2. The first-order valence-electron chi connectivity index (χ1n) is 7.26. The Bertz CT molecular complexity index is 766. The molecule has 2 N–H and O–H groups in total. The second kappa shape index (κ2) is 9.62. The Kier molecular flexibility index (Phi) is 7.51. The van der Waals surface area contributed by atoms with Crippen molar-refractivity contribution in [2.24, 2.45) is 5.10 Å². The van der Waals surface area contributed by atoms with Gasteiger partial charge in [-0.3, -0.25) is 4.79 Å². The third kappa shape index (κ3) is 5.89. The molecule has 8 heteroatoms. The van der Waals surface area contributed by atoms with Crippen molar-refractivity contribution >= 4 is 56.3 Å². The first-order valence-corrected chi connectivity index (χ1v) is 9.13. The Morgan fingerprint density at radius 2 is 1.96 bits per heavy atom. The number of carbonyl (C=O) groups excluding carboxylic acids is 1. The topological polar surface area (TPSA) is 72.0 Å². The Hall–Kier alpha value is -1.81. The largest absolute Gasteiger partial charge is 0.493 e. The first-order chi connectivity index (χ1) is 12.0. The van der Waals surface area contributed by atoms with Crippen LogP contribution in [0.5, 0.6) is 11.5 Å². The van der Waals surface area contributed by atoms with E-state index in [1.54, 1.807) is 20.3 Å². The summed E-state index contributed by atoms with van der Waals surface area (Å²) in [6, 6.07) is 11.4. The Labute approximate surface area is 168 Å². The van der Waals surface area contributed by atoms with Crippen LogP contribution < -0.4 is 20.2 Å². The van der Waals surface area contributed by atoms with Crippen molar-refractivity contribution in [2.75, 3.05) is 26.1 Å². The number of amides is 1. The summed E-state index contributed by atoms with van der Waals surface area (Å²) < 4.78 is 12.4. The van der Waals surface area contributed by atoms with Crippen LogP contribution in [0.4, 0.5) is 5.69 Å². The number of benzene rings is 2. The zero-order valence-corrected chi connectivity index (χ0v) is 17.4. The van der Waals surface area contributed by atoms with Gasteiger partial charge in [-0.05, 0) is 80.5 Å². The molecule has 2 rings (SSSR count). The molecule has 0 aliphatic carbocycles.